The number of aliphatic hydroxyl groups excluding tert-OH is 1. The molecule has 1 aliphatic heterocycles. The summed E-state index contributed by atoms with van der Waals surface area (Å²) in [4.78, 5) is 14.0. The van der Waals surface area contributed by atoms with Crippen molar-refractivity contribution in [3.05, 3.63) is 27.1 Å². The lowest BCUT2D eigenvalue weighted by Gasteiger charge is -2.33. The van der Waals surface area contributed by atoms with Crippen molar-refractivity contribution in [2.75, 3.05) is 25.0 Å². The Morgan fingerprint density at radius 1 is 1.50 bits per heavy atom. The number of anilines is 1. The molecule has 1 fully saturated rings. The number of carbonyl (C=O) groups excluding carboxylic acids is 1. The third-order valence-corrected chi connectivity index (χ3v) is 4.72. The Bertz CT molecular complexity index is 496. The van der Waals surface area contributed by atoms with Crippen molar-refractivity contribution >= 4 is 43.5 Å². The molecule has 0 aliphatic carbocycles. The van der Waals surface area contributed by atoms with Gasteiger partial charge in [0.25, 0.3) is 0 Å². The number of aliphatic hydroxyl groups is 1. The second-order valence-electron chi connectivity index (χ2n) is 5.24. The fraction of sp³-hybridized carbons (Fsp3) is 0.500. The summed E-state index contributed by atoms with van der Waals surface area (Å²) in [5, 5.41) is 12.7. The zero-order valence-corrected chi connectivity index (χ0v) is 14.4. The van der Waals surface area contributed by atoms with E-state index in [1.165, 1.54) is 0 Å². The number of likely N-dealkylation sites (tertiary alicyclic amines) is 1. The molecule has 1 aliphatic rings. The minimum Gasteiger partial charge on any atom is -0.392 e. The number of amides is 1. The van der Waals surface area contributed by atoms with E-state index in [-0.39, 0.29) is 12.0 Å². The molecule has 20 heavy (non-hydrogen) atoms. The first kappa shape index (κ1) is 15.9. The first-order chi connectivity index (χ1) is 9.45. The molecule has 0 radical (unpaired) electrons. The smallest absolute Gasteiger partial charge is 0.238 e. The molecule has 1 heterocycles. The molecule has 1 saturated heterocycles. The fourth-order valence-corrected chi connectivity index (χ4v) is 3.39. The number of carbonyl (C=O) groups is 1. The summed E-state index contributed by atoms with van der Waals surface area (Å²) in [6.45, 7) is 3.77. The van der Waals surface area contributed by atoms with Gasteiger partial charge in [-0.2, -0.15) is 0 Å². The monoisotopic (exact) mass is 404 g/mol. The summed E-state index contributed by atoms with van der Waals surface area (Å²) in [6.07, 6.45) is 0.590. The highest BCUT2D eigenvalue weighted by molar-refractivity contribution is 9.11. The van der Waals surface area contributed by atoms with Crippen LogP contribution in [0.4, 0.5) is 5.69 Å². The number of β-amino-alcohol motifs (C(OH)–C–C–N with tert-alkyl or cyclic N) is 1. The summed E-state index contributed by atoms with van der Waals surface area (Å²) < 4.78 is 1.79. The second kappa shape index (κ2) is 7.02. The van der Waals surface area contributed by atoms with Crippen LogP contribution >= 0.6 is 31.9 Å². The van der Waals surface area contributed by atoms with Crippen molar-refractivity contribution in [3.8, 4) is 0 Å². The second-order valence-corrected chi connectivity index (χ2v) is 7.01. The molecule has 1 aromatic carbocycles. The topological polar surface area (TPSA) is 52.6 Å². The molecule has 1 aromatic rings. The molecular formula is C14H18Br2N2O2. The van der Waals surface area contributed by atoms with Crippen LogP contribution < -0.4 is 5.32 Å². The standard InChI is InChI=1S/C14H18Br2N2O2/c1-9-4-5-18(7-13(9)19)8-14(20)17-12-3-2-10(15)6-11(12)16/h2-3,6,9,13,19H,4-5,7-8H2,1H3,(H,17,20). The van der Waals surface area contributed by atoms with Crippen molar-refractivity contribution in [2.45, 2.75) is 19.4 Å². The number of piperidine rings is 1. The van der Waals surface area contributed by atoms with E-state index < -0.39 is 0 Å². The molecule has 2 N–H and O–H groups in total. The Morgan fingerprint density at radius 3 is 2.90 bits per heavy atom. The minimum atomic E-state index is -0.337. The van der Waals surface area contributed by atoms with E-state index in [4.69, 9.17) is 0 Å². The van der Waals surface area contributed by atoms with Gasteiger partial charge in [-0.15, -0.1) is 0 Å². The van der Waals surface area contributed by atoms with Crippen LogP contribution in [0.3, 0.4) is 0 Å². The number of nitrogens with zero attached hydrogens (tertiary/aromatic N) is 1. The van der Waals surface area contributed by atoms with Crippen molar-refractivity contribution in [1.29, 1.82) is 0 Å². The number of rotatable bonds is 3. The molecule has 0 spiro atoms. The van der Waals surface area contributed by atoms with Gasteiger partial charge in [0.2, 0.25) is 5.91 Å². The number of benzene rings is 1. The van der Waals surface area contributed by atoms with Crippen LogP contribution in [-0.4, -0.2) is 41.7 Å². The van der Waals surface area contributed by atoms with E-state index in [1.807, 2.05) is 30.0 Å². The average molecular weight is 406 g/mol. The molecule has 110 valence electrons. The summed E-state index contributed by atoms with van der Waals surface area (Å²) in [5.41, 5.74) is 0.754. The van der Waals surface area contributed by atoms with Crippen LogP contribution in [-0.2, 0) is 4.79 Å². The van der Waals surface area contributed by atoms with Gasteiger partial charge >= 0.3 is 0 Å². The van der Waals surface area contributed by atoms with Gasteiger partial charge in [0.15, 0.2) is 0 Å². The molecule has 0 bridgehead atoms. The lowest BCUT2D eigenvalue weighted by Crippen LogP contribution is -2.45. The molecule has 2 unspecified atom stereocenters. The van der Waals surface area contributed by atoms with Crippen LogP contribution in [0.1, 0.15) is 13.3 Å². The van der Waals surface area contributed by atoms with E-state index in [2.05, 4.69) is 37.2 Å². The van der Waals surface area contributed by atoms with Crippen LogP contribution in [0.2, 0.25) is 0 Å². The van der Waals surface area contributed by atoms with E-state index in [0.29, 0.717) is 19.0 Å². The number of nitrogens with one attached hydrogen (secondary N) is 1. The third kappa shape index (κ3) is 4.28. The zero-order chi connectivity index (χ0) is 14.7. The van der Waals surface area contributed by atoms with Gasteiger partial charge in [-0.05, 0) is 53.0 Å². The summed E-state index contributed by atoms with van der Waals surface area (Å²) in [7, 11) is 0. The molecule has 2 atom stereocenters. The molecular weight excluding hydrogens is 388 g/mol. The average Bonchev–Trinajstić information content (AvgIpc) is 2.37. The third-order valence-electron chi connectivity index (χ3n) is 3.58. The van der Waals surface area contributed by atoms with E-state index in [0.717, 1.165) is 27.6 Å². The fourth-order valence-electron chi connectivity index (χ4n) is 2.24. The highest BCUT2D eigenvalue weighted by atomic mass is 79.9. The van der Waals surface area contributed by atoms with Gasteiger partial charge in [-0.1, -0.05) is 22.9 Å². The first-order valence-electron chi connectivity index (χ1n) is 6.61. The van der Waals surface area contributed by atoms with Crippen molar-refractivity contribution in [2.24, 2.45) is 5.92 Å². The minimum absolute atomic E-state index is 0.0604. The number of halogens is 2. The molecule has 0 aromatic heterocycles. The zero-order valence-electron chi connectivity index (χ0n) is 11.3. The lowest BCUT2D eigenvalue weighted by molar-refractivity contribution is -0.118. The molecule has 6 heteroatoms. The Labute approximate surface area is 135 Å². The van der Waals surface area contributed by atoms with Gasteiger partial charge in [0.05, 0.1) is 18.3 Å². The predicted octanol–water partition coefficient (Wildman–Crippen LogP) is 2.85. The van der Waals surface area contributed by atoms with Gasteiger partial charge in [-0.25, -0.2) is 0 Å². The van der Waals surface area contributed by atoms with E-state index in [1.54, 1.807) is 0 Å². The van der Waals surface area contributed by atoms with Crippen LogP contribution in [0, 0.1) is 5.92 Å². The van der Waals surface area contributed by atoms with Crippen LogP contribution in [0.15, 0.2) is 27.1 Å². The Hall–Kier alpha value is -0.430. The van der Waals surface area contributed by atoms with Gasteiger partial charge in [0.1, 0.15) is 0 Å². The van der Waals surface area contributed by atoms with Gasteiger partial charge < -0.3 is 10.4 Å². The number of hydrogen-bond acceptors (Lipinski definition) is 3. The molecule has 4 nitrogen and oxygen atoms in total. The van der Waals surface area contributed by atoms with E-state index in [9.17, 15) is 9.90 Å². The van der Waals surface area contributed by atoms with Crippen LogP contribution in [0.25, 0.3) is 0 Å². The number of hydrogen-bond donors (Lipinski definition) is 2. The maximum absolute atomic E-state index is 12.0. The summed E-state index contributed by atoms with van der Waals surface area (Å²) >= 11 is 6.80. The quantitative estimate of drug-likeness (QED) is 0.812. The van der Waals surface area contributed by atoms with E-state index >= 15 is 0 Å². The van der Waals surface area contributed by atoms with Gasteiger partial charge in [0, 0.05) is 15.5 Å². The predicted molar refractivity (Wildman–Crippen MR) is 86.7 cm³/mol. The lowest BCUT2D eigenvalue weighted by atomic mass is 9.96. The van der Waals surface area contributed by atoms with Crippen molar-refractivity contribution in [3.63, 3.8) is 0 Å². The Kier molecular flexibility index (Phi) is 5.60. The van der Waals surface area contributed by atoms with Gasteiger partial charge in [-0.3, -0.25) is 9.69 Å². The van der Waals surface area contributed by atoms with Crippen LogP contribution in [0.5, 0.6) is 0 Å². The summed E-state index contributed by atoms with van der Waals surface area (Å²) in [5.74, 6) is 0.254. The molecule has 0 saturated carbocycles. The summed E-state index contributed by atoms with van der Waals surface area (Å²) in [6, 6.07) is 5.62. The molecule has 2 rings (SSSR count). The highest BCUT2D eigenvalue weighted by Gasteiger charge is 2.25. The highest BCUT2D eigenvalue weighted by Crippen LogP contribution is 2.26. The normalized spacial score (nSPS) is 23.6. The largest absolute Gasteiger partial charge is 0.392 e. The Morgan fingerprint density at radius 2 is 2.25 bits per heavy atom. The Balaban J connectivity index is 1.89. The van der Waals surface area contributed by atoms with Crippen molar-refractivity contribution < 1.29 is 9.90 Å². The maximum Gasteiger partial charge on any atom is 0.238 e. The molecule has 1 amide bonds. The van der Waals surface area contributed by atoms with Crippen molar-refractivity contribution in [1.82, 2.24) is 4.90 Å². The maximum atomic E-state index is 12.0. The first-order valence-corrected chi connectivity index (χ1v) is 8.19. The SMILES string of the molecule is CC1CCN(CC(=O)Nc2ccc(Br)cc2Br)CC1O.